The number of fused-ring (bicyclic) bond motifs is 1. The molecule has 3 rings (SSSR count). The van der Waals surface area contributed by atoms with Crippen molar-refractivity contribution in [3.63, 3.8) is 0 Å². The lowest BCUT2D eigenvalue weighted by Gasteiger charge is -2.28. The quantitative estimate of drug-likeness (QED) is 0.909. The second kappa shape index (κ2) is 5.86. The van der Waals surface area contributed by atoms with Gasteiger partial charge in [0.1, 0.15) is 11.6 Å². The Kier molecular flexibility index (Phi) is 3.93. The van der Waals surface area contributed by atoms with Crippen LogP contribution in [0.15, 0.2) is 42.5 Å². The van der Waals surface area contributed by atoms with Crippen molar-refractivity contribution in [1.29, 1.82) is 0 Å². The van der Waals surface area contributed by atoms with Crippen LogP contribution in [0.4, 0.5) is 4.39 Å². The molecule has 1 heterocycles. The second-order valence-electron chi connectivity index (χ2n) is 5.68. The minimum atomic E-state index is -0.397. The summed E-state index contributed by atoms with van der Waals surface area (Å²) in [5.74, 6) is -0.351. The average Bonchev–Trinajstić information content (AvgIpc) is 2.69. The maximum atomic E-state index is 13.1. The van der Waals surface area contributed by atoms with Crippen molar-refractivity contribution in [1.82, 2.24) is 4.90 Å². The van der Waals surface area contributed by atoms with E-state index in [0.717, 1.165) is 31.5 Å². The van der Waals surface area contributed by atoms with Crippen molar-refractivity contribution in [2.75, 3.05) is 13.1 Å². The lowest BCUT2D eigenvalue weighted by atomic mass is 10.0. The number of phenolic OH excluding ortho intramolecular Hbond substituents is 1. The van der Waals surface area contributed by atoms with Crippen LogP contribution in [-0.2, 0) is 12.8 Å². The first-order valence-electron chi connectivity index (χ1n) is 7.44. The van der Waals surface area contributed by atoms with E-state index in [1.807, 2.05) is 0 Å². The maximum absolute atomic E-state index is 13.1. The number of phenols is 1. The Morgan fingerprint density at radius 3 is 2.24 bits per heavy atom. The smallest absolute Gasteiger partial charge is 0.126 e. The number of nitrogens with zero attached hydrogens (tertiary/aromatic N) is 1. The minimum Gasteiger partial charge on any atom is -0.508 e. The molecule has 1 aliphatic rings. The van der Waals surface area contributed by atoms with Crippen LogP contribution in [0.3, 0.4) is 0 Å². The lowest BCUT2D eigenvalue weighted by molar-refractivity contribution is 0.217. The van der Waals surface area contributed by atoms with E-state index >= 15 is 0 Å². The van der Waals surface area contributed by atoms with Crippen LogP contribution in [0.1, 0.15) is 29.7 Å². The van der Waals surface area contributed by atoms with Gasteiger partial charge in [0, 0.05) is 30.8 Å². The fourth-order valence-electron chi connectivity index (χ4n) is 3.14. The predicted octanol–water partition coefficient (Wildman–Crippen LogP) is 3.69. The zero-order valence-corrected chi connectivity index (χ0v) is 12.2. The summed E-state index contributed by atoms with van der Waals surface area (Å²) in [6.07, 6.45) is 2.03. The molecule has 1 unspecified atom stereocenters. The number of aromatic hydroxyl groups is 1. The Hall–Kier alpha value is -1.87. The highest BCUT2D eigenvalue weighted by Gasteiger charge is 2.21. The van der Waals surface area contributed by atoms with E-state index in [-0.39, 0.29) is 11.8 Å². The van der Waals surface area contributed by atoms with E-state index in [0.29, 0.717) is 0 Å². The van der Waals surface area contributed by atoms with Crippen LogP contribution < -0.4 is 0 Å². The molecule has 21 heavy (non-hydrogen) atoms. The number of rotatable bonds is 2. The summed E-state index contributed by atoms with van der Waals surface area (Å²) in [6, 6.07) is 12.9. The summed E-state index contributed by atoms with van der Waals surface area (Å²) in [5.41, 5.74) is 3.62. The van der Waals surface area contributed by atoms with Gasteiger partial charge in [-0.05, 0) is 37.0 Å². The van der Waals surface area contributed by atoms with Gasteiger partial charge in [0.25, 0.3) is 0 Å². The Balaban J connectivity index is 1.79. The van der Waals surface area contributed by atoms with Crippen molar-refractivity contribution >= 4 is 0 Å². The third-order valence-electron chi connectivity index (χ3n) is 4.45. The summed E-state index contributed by atoms with van der Waals surface area (Å²) in [7, 11) is 0. The molecule has 0 aliphatic carbocycles. The van der Waals surface area contributed by atoms with Crippen molar-refractivity contribution in [3.05, 3.63) is 65.0 Å². The van der Waals surface area contributed by atoms with Crippen LogP contribution in [0.2, 0.25) is 0 Å². The fourth-order valence-corrected chi connectivity index (χ4v) is 3.14. The van der Waals surface area contributed by atoms with Crippen LogP contribution in [0.5, 0.6) is 5.75 Å². The van der Waals surface area contributed by atoms with E-state index in [2.05, 4.69) is 36.1 Å². The Morgan fingerprint density at radius 1 is 1.05 bits per heavy atom. The normalized spacial score (nSPS) is 17.0. The predicted molar refractivity (Wildman–Crippen MR) is 81.9 cm³/mol. The van der Waals surface area contributed by atoms with Gasteiger partial charge < -0.3 is 5.11 Å². The van der Waals surface area contributed by atoms with Gasteiger partial charge in [0.2, 0.25) is 0 Å². The van der Waals surface area contributed by atoms with E-state index in [1.54, 1.807) is 6.07 Å². The van der Waals surface area contributed by atoms with Crippen molar-refractivity contribution in [3.8, 4) is 5.75 Å². The summed E-state index contributed by atoms with van der Waals surface area (Å²) < 4.78 is 13.1. The van der Waals surface area contributed by atoms with Crippen LogP contribution in [-0.4, -0.2) is 23.1 Å². The number of hydrogen-bond donors (Lipinski definition) is 1. The maximum Gasteiger partial charge on any atom is 0.126 e. The lowest BCUT2D eigenvalue weighted by Crippen LogP contribution is -2.29. The summed E-state index contributed by atoms with van der Waals surface area (Å²) in [5, 5.41) is 9.97. The number of benzene rings is 2. The first-order valence-corrected chi connectivity index (χ1v) is 7.44. The third-order valence-corrected chi connectivity index (χ3v) is 4.45. The average molecular weight is 285 g/mol. The fraction of sp³-hybridized carbons (Fsp3) is 0.333. The van der Waals surface area contributed by atoms with Gasteiger partial charge in [-0.2, -0.15) is 0 Å². The molecule has 2 aromatic rings. The molecule has 0 aromatic heterocycles. The van der Waals surface area contributed by atoms with E-state index in [1.165, 1.54) is 23.3 Å². The van der Waals surface area contributed by atoms with Crippen molar-refractivity contribution in [2.45, 2.75) is 25.8 Å². The molecule has 1 aliphatic heterocycles. The molecular formula is C18H20FNO. The second-order valence-corrected chi connectivity index (χ2v) is 5.68. The molecule has 0 saturated carbocycles. The van der Waals surface area contributed by atoms with E-state index < -0.39 is 5.82 Å². The highest BCUT2D eigenvalue weighted by atomic mass is 19.1. The van der Waals surface area contributed by atoms with Gasteiger partial charge in [-0.3, -0.25) is 4.90 Å². The molecule has 0 amide bonds. The number of halogens is 1. The van der Waals surface area contributed by atoms with Crippen molar-refractivity contribution in [2.24, 2.45) is 0 Å². The summed E-state index contributed by atoms with van der Waals surface area (Å²) in [4.78, 5) is 2.35. The molecule has 0 bridgehead atoms. The van der Waals surface area contributed by atoms with Gasteiger partial charge in [-0.1, -0.05) is 30.3 Å². The first kappa shape index (κ1) is 14.1. The van der Waals surface area contributed by atoms with E-state index in [4.69, 9.17) is 0 Å². The van der Waals surface area contributed by atoms with Crippen LogP contribution in [0.25, 0.3) is 0 Å². The molecule has 3 heteroatoms. The third kappa shape index (κ3) is 2.93. The Bertz CT molecular complexity index is 614. The zero-order chi connectivity index (χ0) is 14.8. The molecule has 110 valence electrons. The molecule has 0 fully saturated rings. The molecule has 0 saturated heterocycles. The molecule has 2 nitrogen and oxygen atoms in total. The highest BCUT2D eigenvalue weighted by molar-refractivity contribution is 5.35. The van der Waals surface area contributed by atoms with Gasteiger partial charge in [-0.25, -0.2) is 4.39 Å². The largest absolute Gasteiger partial charge is 0.508 e. The van der Waals surface area contributed by atoms with E-state index in [9.17, 15) is 9.50 Å². The molecule has 1 N–H and O–H groups in total. The monoisotopic (exact) mass is 285 g/mol. The standard InChI is InChI=1S/C18H20FNO/c1-13(17-7-6-16(19)12-18(17)21)20-10-8-14-4-2-3-5-15(14)9-11-20/h2-7,12-13,21H,8-11H2,1H3. The molecule has 2 aromatic carbocycles. The summed E-state index contributed by atoms with van der Waals surface area (Å²) >= 11 is 0. The number of hydrogen-bond acceptors (Lipinski definition) is 2. The zero-order valence-electron chi connectivity index (χ0n) is 12.2. The first-order chi connectivity index (χ1) is 10.1. The van der Waals surface area contributed by atoms with Crippen LogP contribution >= 0.6 is 0 Å². The van der Waals surface area contributed by atoms with Gasteiger partial charge in [0.15, 0.2) is 0 Å². The molecule has 0 spiro atoms. The molecule has 1 atom stereocenters. The van der Waals surface area contributed by atoms with Gasteiger partial charge in [-0.15, -0.1) is 0 Å². The van der Waals surface area contributed by atoms with Gasteiger partial charge >= 0.3 is 0 Å². The Labute approximate surface area is 124 Å². The Morgan fingerprint density at radius 2 is 1.67 bits per heavy atom. The minimum absolute atomic E-state index is 0.0456. The highest BCUT2D eigenvalue weighted by Crippen LogP contribution is 2.30. The summed E-state index contributed by atoms with van der Waals surface area (Å²) in [6.45, 7) is 3.98. The van der Waals surface area contributed by atoms with Crippen molar-refractivity contribution < 1.29 is 9.50 Å². The molecule has 0 radical (unpaired) electrons. The molecular weight excluding hydrogens is 265 g/mol. The SMILES string of the molecule is CC(c1ccc(F)cc1O)N1CCc2ccccc2CC1. The van der Waals surface area contributed by atoms with Gasteiger partial charge in [0.05, 0.1) is 0 Å². The topological polar surface area (TPSA) is 23.5 Å². The van der Waals surface area contributed by atoms with Crippen LogP contribution in [0, 0.1) is 5.82 Å².